The van der Waals surface area contributed by atoms with Gasteiger partial charge in [0.05, 0.1) is 11.7 Å². The first-order valence-corrected chi connectivity index (χ1v) is 8.10. The van der Waals surface area contributed by atoms with Gasteiger partial charge in [-0.3, -0.25) is 4.79 Å². The summed E-state index contributed by atoms with van der Waals surface area (Å²) in [6.07, 6.45) is 5.61. The van der Waals surface area contributed by atoms with Crippen LogP contribution < -0.4 is 10.1 Å². The molecule has 1 aliphatic rings. The molecule has 20 heavy (non-hydrogen) atoms. The maximum Gasteiger partial charge on any atom is 0.255 e. The quantitative estimate of drug-likeness (QED) is 0.808. The first-order chi connectivity index (χ1) is 9.66. The van der Waals surface area contributed by atoms with Gasteiger partial charge in [0.2, 0.25) is 0 Å². The minimum atomic E-state index is -2.63. The molecule has 1 N–H and O–H groups in total. The topological polar surface area (TPSA) is 72.5 Å². The van der Waals surface area contributed by atoms with Gasteiger partial charge in [0.25, 0.3) is 5.91 Å². The van der Waals surface area contributed by atoms with Crippen molar-refractivity contribution in [3.63, 3.8) is 0 Å². The van der Waals surface area contributed by atoms with Crippen LogP contribution in [0.4, 0.5) is 0 Å². The van der Waals surface area contributed by atoms with Crippen molar-refractivity contribution in [1.82, 2.24) is 5.32 Å². The van der Waals surface area contributed by atoms with Crippen molar-refractivity contribution in [1.29, 1.82) is 0 Å². The molecular formula is C14H18NO4S. The summed E-state index contributed by atoms with van der Waals surface area (Å²) in [5.74, 6) is -0.336. The molecule has 0 aliphatic heterocycles. The molecule has 5 nitrogen and oxygen atoms in total. The zero-order chi connectivity index (χ0) is 14.4. The van der Waals surface area contributed by atoms with E-state index in [0.29, 0.717) is 11.3 Å². The van der Waals surface area contributed by atoms with Crippen molar-refractivity contribution < 1.29 is 17.9 Å². The third-order valence-electron chi connectivity index (χ3n) is 3.29. The minimum absolute atomic E-state index is 0.127. The number of nitrogens with one attached hydrogen (secondary N) is 1. The van der Waals surface area contributed by atoms with Crippen LogP contribution in [0.3, 0.4) is 0 Å². The van der Waals surface area contributed by atoms with Crippen LogP contribution >= 0.6 is 0 Å². The number of carbonyl (C=O) groups is 1. The lowest BCUT2D eigenvalue weighted by Crippen LogP contribution is -2.27. The number of amides is 1. The summed E-state index contributed by atoms with van der Waals surface area (Å²) in [4.78, 5) is 11.9. The lowest BCUT2D eigenvalue weighted by Gasteiger charge is -2.24. The SMILES string of the molecule is O=C(NC[SH](=O)=O)c1cc[c]cc1OC1CCCCC1. The van der Waals surface area contributed by atoms with Crippen LogP contribution in [0.1, 0.15) is 42.5 Å². The van der Waals surface area contributed by atoms with Gasteiger partial charge in [0.15, 0.2) is 10.7 Å². The van der Waals surface area contributed by atoms with Crippen LogP contribution in [-0.4, -0.2) is 26.3 Å². The van der Waals surface area contributed by atoms with E-state index in [1.165, 1.54) is 6.42 Å². The van der Waals surface area contributed by atoms with Crippen LogP contribution in [0.25, 0.3) is 0 Å². The highest BCUT2D eigenvalue weighted by Crippen LogP contribution is 2.25. The van der Waals surface area contributed by atoms with Gasteiger partial charge in [-0.15, -0.1) is 0 Å². The van der Waals surface area contributed by atoms with Gasteiger partial charge in [0, 0.05) is 0 Å². The normalized spacial score (nSPS) is 16.1. The third kappa shape index (κ3) is 4.23. The van der Waals surface area contributed by atoms with Crippen molar-refractivity contribution >= 4 is 16.6 Å². The predicted octanol–water partition coefficient (Wildman–Crippen LogP) is 1.50. The molecule has 0 aromatic heterocycles. The van der Waals surface area contributed by atoms with Gasteiger partial charge < -0.3 is 10.1 Å². The maximum absolute atomic E-state index is 11.9. The number of ether oxygens (including phenoxy) is 1. The lowest BCUT2D eigenvalue weighted by atomic mass is 9.97. The molecule has 1 radical (unpaired) electrons. The highest BCUT2D eigenvalue weighted by molar-refractivity contribution is 7.72. The summed E-state index contributed by atoms with van der Waals surface area (Å²) in [7, 11) is -2.63. The molecule has 2 rings (SSSR count). The second-order valence-electron chi connectivity index (χ2n) is 4.80. The lowest BCUT2D eigenvalue weighted by molar-refractivity contribution is 0.0948. The Kier molecular flexibility index (Phi) is 5.40. The van der Waals surface area contributed by atoms with E-state index >= 15 is 0 Å². The third-order valence-corrected chi connectivity index (χ3v) is 3.70. The van der Waals surface area contributed by atoms with E-state index in [9.17, 15) is 13.2 Å². The molecular weight excluding hydrogens is 278 g/mol. The van der Waals surface area contributed by atoms with E-state index in [1.54, 1.807) is 18.2 Å². The van der Waals surface area contributed by atoms with Crippen molar-refractivity contribution in [2.24, 2.45) is 0 Å². The molecule has 109 valence electrons. The standard InChI is InChI=1S/C14H18NO4S/c16-14(15-10-20(17)18)12-8-4-5-9-13(12)19-11-6-2-1-3-7-11/h4,8-9,11,20H,1-3,6-7,10H2,(H,15,16). The van der Waals surface area contributed by atoms with Crippen LogP contribution in [0.15, 0.2) is 18.2 Å². The number of hydrogen-bond acceptors (Lipinski definition) is 4. The Balaban J connectivity index is 2.06. The second kappa shape index (κ2) is 7.28. The summed E-state index contributed by atoms with van der Waals surface area (Å²) < 4.78 is 26.9. The van der Waals surface area contributed by atoms with E-state index < -0.39 is 16.6 Å². The Bertz CT molecular complexity index is 528. The monoisotopic (exact) mass is 296 g/mol. The summed E-state index contributed by atoms with van der Waals surface area (Å²) in [5.41, 5.74) is 0.353. The highest BCUT2D eigenvalue weighted by atomic mass is 32.2. The molecule has 1 aliphatic carbocycles. The fourth-order valence-corrected chi connectivity index (χ4v) is 2.57. The Morgan fingerprint density at radius 3 is 2.80 bits per heavy atom. The fourth-order valence-electron chi connectivity index (χ4n) is 2.29. The van der Waals surface area contributed by atoms with Crippen molar-refractivity contribution in [3.8, 4) is 5.75 Å². The molecule has 1 aromatic carbocycles. The number of carbonyl (C=O) groups excluding carboxylic acids is 1. The van der Waals surface area contributed by atoms with Gasteiger partial charge in [-0.05, 0) is 43.9 Å². The molecule has 0 atom stereocenters. The van der Waals surface area contributed by atoms with Gasteiger partial charge in [-0.25, -0.2) is 8.42 Å². The van der Waals surface area contributed by atoms with Gasteiger partial charge in [-0.1, -0.05) is 12.5 Å². The molecule has 1 amide bonds. The van der Waals surface area contributed by atoms with Gasteiger partial charge >= 0.3 is 0 Å². The van der Waals surface area contributed by atoms with Crippen molar-refractivity contribution in [2.45, 2.75) is 38.2 Å². The van der Waals surface area contributed by atoms with Crippen LogP contribution in [0.2, 0.25) is 0 Å². The van der Waals surface area contributed by atoms with Gasteiger partial charge in [0.1, 0.15) is 11.6 Å². The Hall–Kier alpha value is -1.56. The number of thiol groups is 1. The zero-order valence-corrected chi connectivity index (χ0v) is 12.0. The Morgan fingerprint density at radius 2 is 2.10 bits per heavy atom. The molecule has 0 spiro atoms. The number of rotatable bonds is 5. The predicted molar refractivity (Wildman–Crippen MR) is 75.4 cm³/mol. The fraction of sp³-hybridized carbons (Fsp3) is 0.500. The molecule has 1 aromatic rings. The van der Waals surface area contributed by atoms with E-state index in [1.807, 2.05) is 0 Å². The van der Waals surface area contributed by atoms with Crippen LogP contribution in [0, 0.1) is 6.07 Å². The average molecular weight is 296 g/mol. The van der Waals surface area contributed by atoms with E-state index in [0.717, 1.165) is 25.7 Å². The molecule has 0 saturated heterocycles. The maximum atomic E-state index is 11.9. The van der Waals surface area contributed by atoms with Crippen molar-refractivity contribution in [3.05, 3.63) is 29.8 Å². The highest BCUT2D eigenvalue weighted by Gasteiger charge is 2.18. The smallest absolute Gasteiger partial charge is 0.255 e. The van der Waals surface area contributed by atoms with Crippen molar-refractivity contribution in [2.75, 3.05) is 5.88 Å². The van der Waals surface area contributed by atoms with E-state index in [4.69, 9.17) is 4.74 Å². The summed E-state index contributed by atoms with van der Waals surface area (Å²) in [6.45, 7) is 0. The molecule has 1 fully saturated rings. The zero-order valence-electron chi connectivity index (χ0n) is 11.1. The Labute approximate surface area is 120 Å². The first-order valence-electron chi connectivity index (χ1n) is 6.73. The van der Waals surface area contributed by atoms with E-state index in [-0.39, 0.29) is 12.0 Å². The summed E-state index contributed by atoms with van der Waals surface area (Å²) in [6, 6.07) is 7.71. The van der Waals surface area contributed by atoms with Crippen LogP contribution in [0.5, 0.6) is 5.75 Å². The number of benzene rings is 1. The van der Waals surface area contributed by atoms with Crippen LogP contribution in [-0.2, 0) is 10.7 Å². The summed E-state index contributed by atoms with van der Waals surface area (Å²) in [5, 5.41) is 2.35. The molecule has 6 heteroatoms. The molecule has 0 bridgehead atoms. The van der Waals surface area contributed by atoms with E-state index in [2.05, 4.69) is 11.4 Å². The van der Waals surface area contributed by atoms with Gasteiger partial charge in [-0.2, -0.15) is 0 Å². The average Bonchev–Trinajstić information content (AvgIpc) is 2.46. The first kappa shape index (κ1) is 14.8. The Morgan fingerprint density at radius 1 is 1.35 bits per heavy atom. The minimum Gasteiger partial charge on any atom is -0.490 e. The molecule has 1 saturated carbocycles. The summed E-state index contributed by atoms with van der Waals surface area (Å²) >= 11 is 0. The molecule has 0 heterocycles. The largest absolute Gasteiger partial charge is 0.490 e. The number of hydrogen-bond donors (Lipinski definition) is 2. The second-order valence-corrected chi connectivity index (χ2v) is 5.78. The molecule has 0 unspecified atom stereocenters.